The average molecular weight is 275 g/mol. The van der Waals surface area contributed by atoms with Crippen molar-refractivity contribution in [2.75, 3.05) is 17.3 Å². The molecule has 0 spiro atoms. The largest absolute Gasteiger partial charge is 0.370 e. The molecule has 0 bridgehead atoms. The molecule has 0 amide bonds. The van der Waals surface area contributed by atoms with Crippen LogP contribution in [0.25, 0.3) is 0 Å². The van der Waals surface area contributed by atoms with Crippen molar-refractivity contribution in [1.82, 2.24) is 19.5 Å². The summed E-state index contributed by atoms with van der Waals surface area (Å²) in [5, 5.41) is 3.30. The summed E-state index contributed by atoms with van der Waals surface area (Å²) in [6.45, 7) is 5.87. The first-order valence-electron chi connectivity index (χ1n) is 6.74. The summed E-state index contributed by atoms with van der Waals surface area (Å²) in [5.41, 5.74) is 2.57. The second-order valence-electron chi connectivity index (χ2n) is 4.88. The van der Waals surface area contributed by atoms with Crippen LogP contribution in [0.15, 0.2) is 24.8 Å². The molecule has 2 rings (SSSR count). The first-order chi connectivity index (χ1) is 9.69. The van der Waals surface area contributed by atoms with Gasteiger partial charge >= 0.3 is 0 Å². The van der Waals surface area contributed by atoms with Gasteiger partial charge in [-0.1, -0.05) is 13.8 Å². The molecular formula is C13H21N7. The first kappa shape index (κ1) is 14.3. The Bertz CT molecular complexity index is 522. The van der Waals surface area contributed by atoms with Crippen LogP contribution in [0, 0.1) is 0 Å². The Hall–Kier alpha value is -2.15. The van der Waals surface area contributed by atoms with Crippen LogP contribution in [0.5, 0.6) is 0 Å². The van der Waals surface area contributed by atoms with Gasteiger partial charge in [-0.25, -0.2) is 20.8 Å². The van der Waals surface area contributed by atoms with Crippen LogP contribution in [0.3, 0.4) is 0 Å². The number of hydrogen-bond acceptors (Lipinski definition) is 6. The van der Waals surface area contributed by atoms with Crippen LogP contribution >= 0.6 is 0 Å². The summed E-state index contributed by atoms with van der Waals surface area (Å²) in [6, 6.07) is 1.81. The quantitative estimate of drug-likeness (QED) is 0.403. The zero-order valence-corrected chi connectivity index (χ0v) is 11.9. The number of hydrazine groups is 1. The smallest absolute Gasteiger partial charge is 0.145 e. The van der Waals surface area contributed by atoms with Crippen LogP contribution in [0.4, 0.5) is 11.6 Å². The summed E-state index contributed by atoms with van der Waals surface area (Å²) < 4.78 is 2.05. The maximum absolute atomic E-state index is 5.43. The van der Waals surface area contributed by atoms with Crippen LogP contribution in [0.1, 0.15) is 32.0 Å². The predicted octanol–water partition coefficient (Wildman–Crippen LogP) is 1.58. The highest BCUT2D eigenvalue weighted by molar-refractivity contribution is 5.47. The van der Waals surface area contributed by atoms with Crippen molar-refractivity contribution in [1.29, 1.82) is 0 Å². The molecule has 7 heteroatoms. The van der Waals surface area contributed by atoms with E-state index in [1.54, 1.807) is 6.20 Å². The molecule has 0 aromatic carbocycles. The molecule has 0 aliphatic rings. The van der Waals surface area contributed by atoms with Crippen molar-refractivity contribution < 1.29 is 0 Å². The maximum Gasteiger partial charge on any atom is 0.145 e. The Morgan fingerprint density at radius 1 is 1.30 bits per heavy atom. The summed E-state index contributed by atoms with van der Waals surface area (Å²) in [6.07, 6.45) is 6.55. The van der Waals surface area contributed by atoms with E-state index in [-0.39, 0.29) is 5.92 Å². The lowest BCUT2D eigenvalue weighted by Crippen LogP contribution is -2.13. The number of aromatic nitrogens is 4. The third kappa shape index (κ3) is 3.92. The van der Waals surface area contributed by atoms with E-state index < -0.39 is 0 Å². The standard InChI is InChI=1S/C13H21N7/c1-10(2)13-17-11(8-12(18-13)19-14)16-4-3-6-20-7-5-15-9-20/h5,7-10H,3-4,6,14H2,1-2H3,(H2,16,17,18,19). The normalized spacial score (nSPS) is 10.8. The predicted molar refractivity (Wildman–Crippen MR) is 79.3 cm³/mol. The number of hydrogen-bond donors (Lipinski definition) is 3. The molecule has 7 nitrogen and oxygen atoms in total. The fraction of sp³-hybridized carbons (Fsp3) is 0.462. The number of nitrogen functional groups attached to an aromatic ring is 1. The SMILES string of the molecule is CC(C)c1nc(NN)cc(NCCCn2ccnc2)n1. The second-order valence-corrected chi connectivity index (χ2v) is 4.88. The first-order valence-corrected chi connectivity index (χ1v) is 6.74. The summed E-state index contributed by atoms with van der Waals surface area (Å²) in [7, 11) is 0. The average Bonchev–Trinajstić information content (AvgIpc) is 2.96. The fourth-order valence-corrected chi connectivity index (χ4v) is 1.79. The minimum absolute atomic E-state index is 0.259. The Kier molecular flexibility index (Phi) is 4.89. The third-order valence-corrected chi connectivity index (χ3v) is 2.87. The lowest BCUT2D eigenvalue weighted by atomic mass is 10.2. The highest BCUT2D eigenvalue weighted by atomic mass is 15.3. The van der Waals surface area contributed by atoms with E-state index >= 15 is 0 Å². The Labute approximate surface area is 118 Å². The van der Waals surface area contributed by atoms with Crippen LogP contribution in [-0.2, 0) is 6.54 Å². The monoisotopic (exact) mass is 275 g/mol. The van der Waals surface area contributed by atoms with Gasteiger partial charge in [0.2, 0.25) is 0 Å². The molecule has 2 aromatic heterocycles. The highest BCUT2D eigenvalue weighted by Gasteiger charge is 2.07. The molecule has 0 saturated carbocycles. The number of aryl methyl sites for hydroxylation is 1. The fourth-order valence-electron chi connectivity index (χ4n) is 1.79. The molecule has 0 saturated heterocycles. The van der Waals surface area contributed by atoms with Crippen LogP contribution in [0.2, 0.25) is 0 Å². The van der Waals surface area contributed by atoms with Gasteiger partial charge < -0.3 is 15.3 Å². The van der Waals surface area contributed by atoms with Crippen molar-refractivity contribution in [3.63, 3.8) is 0 Å². The molecule has 2 heterocycles. The van der Waals surface area contributed by atoms with Crippen molar-refractivity contribution >= 4 is 11.6 Å². The summed E-state index contributed by atoms with van der Waals surface area (Å²) >= 11 is 0. The van der Waals surface area contributed by atoms with Crippen molar-refractivity contribution in [3.8, 4) is 0 Å². The second kappa shape index (κ2) is 6.85. The molecule has 2 aromatic rings. The van der Waals surface area contributed by atoms with Gasteiger partial charge in [0, 0.05) is 37.5 Å². The van der Waals surface area contributed by atoms with Crippen LogP contribution in [-0.4, -0.2) is 26.1 Å². The van der Waals surface area contributed by atoms with Gasteiger partial charge in [-0.15, -0.1) is 0 Å². The van der Waals surface area contributed by atoms with E-state index in [1.807, 2.05) is 23.2 Å². The van der Waals surface area contributed by atoms with Gasteiger partial charge in [0.15, 0.2) is 0 Å². The van der Waals surface area contributed by atoms with E-state index in [9.17, 15) is 0 Å². The highest BCUT2D eigenvalue weighted by Crippen LogP contribution is 2.16. The molecule has 0 fully saturated rings. The maximum atomic E-state index is 5.43. The molecule has 108 valence electrons. The number of nitrogens with one attached hydrogen (secondary N) is 2. The van der Waals surface area contributed by atoms with E-state index in [1.165, 1.54) is 0 Å². The lowest BCUT2D eigenvalue weighted by molar-refractivity contribution is 0.659. The Morgan fingerprint density at radius 2 is 2.10 bits per heavy atom. The minimum Gasteiger partial charge on any atom is -0.370 e. The zero-order chi connectivity index (χ0) is 14.4. The molecule has 0 unspecified atom stereocenters. The topological polar surface area (TPSA) is 93.7 Å². The summed E-state index contributed by atoms with van der Waals surface area (Å²) in [5.74, 6) is 7.88. The summed E-state index contributed by atoms with van der Waals surface area (Å²) in [4.78, 5) is 12.8. The van der Waals surface area contributed by atoms with Gasteiger partial charge in [-0.3, -0.25) is 0 Å². The van der Waals surface area contributed by atoms with Gasteiger partial charge in [-0.2, -0.15) is 0 Å². The zero-order valence-electron chi connectivity index (χ0n) is 11.9. The van der Waals surface area contributed by atoms with Gasteiger partial charge in [0.1, 0.15) is 17.5 Å². The van der Waals surface area contributed by atoms with Gasteiger partial charge in [0.05, 0.1) is 6.33 Å². The molecule has 4 N–H and O–H groups in total. The van der Waals surface area contributed by atoms with E-state index in [4.69, 9.17) is 5.84 Å². The Balaban J connectivity index is 1.89. The minimum atomic E-state index is 0.259. The molecule has 0 radical (unpaired) electrons. The van der Waals surface area contributed by atoms with Gasteiger partial charge in [0.25, 0.3) is 0 Å². The third-order valence-electron chi connectivity index (χ3n) is 2.87. The van der Waals surface area contributed by atoms with Crippen molar-refractivity contribution in [2.45, 2.75) is 32.7 Å². The number of nitrogens with zero attached hydrogens (tertiary/aromatic N) is 4. The van der Waals surface area contributed by atoms with Crippen molar-refractivity contribution in [2.24, 2.45) is 5.84 Å². The van der Waals surface area contributed by atoms with E-state index in [0.717, 1.165) is 31.2 Å². The number of rotatable bonds is 7. The van der Waals surface area contributed by atoms with Gasteiger partial charge in [-0.05, 0) is 6.42 Å². The van der Waals surface area contributed by atoms with E-state index in [2.05, 4.69) is 39.5 Å². The molecule has 20 heavy (non-hydrogen) atoms. The lowest BCUT2D eigenvalue weighted by Gasteiger charge is -2.11. The molecule has 0 aliphatic heterocycles. The Morgan fingerprint density at radius 3 is 2.75 bits per heavy atom. The number of anilines is 2. The molecule has 0 aliphatic carbocycles. The number of nitrogens with two attached hydrogens (primary N) is 1. The van der Waals surface area contributed by atoms with Crippen molar-refractivity contribution in [3.05, 3.63) is 30.6 Å². The van der Waals surface area contributed by atoms with Crippen LogP contribution < -0.4 is 16.6 Å². The molecular weight excluding hydrogens is 254 g/mol. The molecule has 0 atom stereocenters. The number of imidazole rings is 1. The van der Waals surface area contributed by atoms with E-state index in [0.29, 0.717) is 5.82 Å².